The van der Waals surface area contributed by atoms with Gasteiger partial charge in [0.1, 0.15) is 0 Å². The Kier molecular flexibility index (Phi) is 35.3. The predicted octanol–water partition coefficient (Wildman–Crippen LogP) is -1.29. The van der Waals surface area contributed by atoms with Crippen molar-refractivity contribution < 1.29 is 123 Å². The van der Waals surface area contributed by atoms with E-state index in [0.717, 1.165) is 25.7 Å². The van der Waals surface area contributed by atoms with Crippen LogP contribution in [-0.2, 0) is 9.59 Å². The van der Waals surface area contributed by atoms with Crippen molar-refractivity contribution in [1.29, 1.82) is 0 Å². The van der Waals surface area contributed by atoms with Gasteiger partial charge >= 0.3 is 103 Å². The molecule has 0 aromatic carbocycles. The molecule has 0 rings (SSSR count). The summed E-state index contributed by atoms with van der Waals surface area (Å²) in [5, 5.41) is 21.3. The fraction of sp³-hybridized carbons (Fsp3) is 0.833. The van der Waals surface area contributed by atoms with Crippen LogP contribution in [0, 0.1) is 5.92 Å². The number of unbranched alkanes of at least 4 members (excludes halogenated alkanes) is 16. The van der Waals surface area contributed by atoms with Crippen LogP contribution in [0.3, 0.4) is 0 Å². The Balaban J connectivity index is -0.00000364. The number of hydrogen-bond acceptors (Lipinski definition) is 4. The number of allylic oxidation sites excluding steroid dienone is 1. The second-order valence-corrected chi connectivity index (χ2v) is 8.11. The molecule has 0 aliphatic carbocycles. The van der Waals surface area contributed by atoms with Gasteiger partial charge in [0.05, 0.1) is 0 Å². The van der Waals surface area contributed by atoms with Crippen LogP contribution in [0.25, 0.3) is 0 Å². The van der Waals surface area contributed by atoms with Crippen LogP contribution in [0.5, 0.6) is 0 Å². The Morgan fingerprint density at radius 3 is 1.27 bits per heavy atom. The fourth-order valence-corrected chi connectivity index (χ4v) is 3.66. The van der Waals surface area contributed by atoms with Crippen molar-refractivity contribution in [3.8, 4) is 0 Å². The van der Waals surface area contributed by atoms with E-state index >= 15 is 0 Å². The van der Waals surface area contributed by atoms with Crippen molar-refractivity contribution in [2.45, 2.75) is 122 Å². The van der Waals surface area contributed by atoms with Crippen LogP contribution in [0.1, 0.15) is 122 Å². The zero-order chi connectivity index (χ0) is 20.9. The number of rotatable bonds is 22. The molecular weight excluding hydrogens is 430 g/mol. The minimum Gasteiger partial charge on any atom is -0.550 e. The Morgan fingerprint density at radius 2 is 0.967 bits per heavy atom. The molecule has 0 spiro atoms. The molecule has 4 nitrogen and oxygen atoms in total. The van der Waals surface area contributed by atoms with E-state index in [1.165, 1.54) is 83.5 Å². The third-order valence-electron chi connectivity index (χ3n) is 5.46. The van der Waals surface area contributed by atoms with E-state index < -0.39 is 24.3 Å². The van der Waals surface area contributed by atoms with Gasteiger partial charge < -0.3 is 19.8 Å². The molecule has 30 heavy (non-hydrogen) atoms. The van der Waals surface area contributed by atoms with Crippen LogP contribution in [0.15, 0.2) is 12.7 Å². The van der Waals surface area contributed by atoms with Gasteiger partial charge in [-0.25, -0.2) is 0 Å². The smallest absolute Gasteiger partial charge is 0.550 e. The van der Waals surface area contributed by atoms with Crippen molar-refractivity contribution in [1.82, 2.24) is 0 Å². The molecule has 0 aliphatic heterocycles. The van der Waals surface area contributed by atoms with Gasteiger partial charge in [0.15, 0.2) is 0 Å². The summed E-state index contributed by atoms with van der Waals surface area (Å²) >= 11 is 0. The second-order valence-electron chi connectivity index (χ2n) is 8.11. The van der Waals surface area contributed by atoms with Gasteiger partial charge in [0.2, 0.25) is 0 Å². The van der Waals surface area contributed by atoms with E-state index in [0.29, 0.717) is 6.42 Å². The monoisotopic (exact) mass is 472 g/mol. The molecule has 0 bridgehead atoms. The van der Waals surface area contributed by atoms with Crippen LogP contribution in [0.2, 0.25) is 0 Å². The third kappa shape index (κ3) is 28.0. The summed E-state index contributed by atoms with van der Waals surface area (Å²) in [6.45, 7) is 3.75. The van der Waals surface area contributed by atoms with Gasteiger partial charge in [-0.15, -0.1) is 6.58 Å². The number of aliphatic carboxylic acids is 2. The summed E-state index contributed by atoms with van der Waals surface area (Å²) in [6, 6.07) is 0. The fourth-order valence-electron chi connectivity index (χ4n) is 3.66. The van der Waals surface area contributed by atoms with Crippen molar-refractivity contribution in [3.63, 3.8) is 0 Å². The first-order chi connectivity index (χ1) is 13.6. The topological polar surface area (TPSA) is 80.3 Å². The molecule has 0 aromatic heterocycles. The number of carbonyl (C=O) groups is 2. The van der Waals surface area contributed by atoms with E-state index in [4.69, 9.17) is 0 Å². The molecule has 1 atom stereocenters. The van der Waals surface area contributed by atoms with Crippen molar-refractivity contribution in [2.75, 3.05) is 0 Å². The van der Waals surface area contributed by atoms with E-state index in [1.807, 2.05) is 6.08 Å². The molecule has 0 radical (unpaired) electrons. The normalized spacial score (nSPS) is 11.2. The summed E-state index contributed by atoms with van der Waals surface area (Å²) in [6.07, 6.45) is 23.2. The molecule has 6 heteroatoms. The molecule has 0 aliphatic rings. The van der Waals surface area contributed by atoms with Gasteiger partial charge in [-0.2, -0.15) is 0 Å². The maximum atomic E-state index is 10.8. The zero-order valence-electron chi connectivity index (χ0n) is 19.9. The number of hydrogen-bond donors (Lipinski definition) is 0. The first kappa shape index (κ1) is 36.5. The summed E-state index contributed by atoms with van der Waals surface area (Å²) in [4.78, 5) is 21.3. The first-order valence-corrected chi connectivity index (χ1v) is 11.6. The molecule has 164 valence electrons. The van der Waals surface area contributed by atoms with Gasteiger partial charge in [-0.1, -0.05) is 102 Å². The molecular formula is C24H42K2O4. The van der Waals surface area contributed by atoms with Crippen molar-refractivity contribution in [3.05, 3.63) is 12.7 Å². The average molecular weight is 473 g/mol. The molecule has 0 N–H and O–H groups in total. The van der Waals surface area contributed by atoms with E-state index in [-0.39, 0.29) is 103 Å². The Labute approximate surface area is 270 Å². The summed E-state index contributed by atoms with van der Waals surface area (Å²) in [5.74, 6) is -3.48. The Morgan fingerprint density at radius 1 is 0.633 bits per heavy atom. The molecule has 0 fully saturated rings. The third-order valence-corrected chi connectivity index (χ3v) is 5.46. The molecule has 0 saturated heterocycles. The average Bonchev–Trinajstić information content (AvgIpc) is 2.65. The van der Waals surface area contributed by atoms with Gasteiger partial charge in [0, 0.05) is 17.9 Å². The van der Waals surface area contributed by atoms with Gasteiger partial charge in [0.25, 0.3) is 0 Å². The summed E-state index contributed by atoms with van der Waals surface area (Å²) in [7, 11) is 0. The molecule has 0 aromatic rings. The van der Waals surface area contributed by atoms with Crippen molar-refractivity contribution in [2.24, 2.45) is 5.92 Å². The minimum atomic E-state index is -1.31. The predicted molar refractivity (Wildman–Crippen MR) is 111 cm³/mol. The zero-order valence-corrected chi connectivity index (χ0v) is 26.2. The molecule has 0 amide bonds. The summed E-state index contributed by atoms with van der Waals surface area (Å²) < 4.78 is 0. The standard InChI is InChI=1S/C24H44O4.2K/c1-2-3-4-5-6-7-8-9-10-11-12-13-14-15-16-17-18-19-20-22(24(27)28)21-23(25)26;;/h2,22H,1,3-21H2,(H,25,26)(H,27,28);;/q;2*+1/p-2. The minimum absolute atomic E-state index is 0. The van der Waals surface area contributed by atoms with Crippen LogP contribution >= 0.6 is 0 Å². The molecule has 0 heterocycles. The molecule has 0 saturated carbocycles. The Hall–Kier alpha value is 1.95. The van der Waals surface area contributed by atoms with E-state index in [9.17, 15) is 19.8 Å². The van der Waals surface area contributed by atoms with Crippen LogP contribution < -0.4 is 113 Å². The number of carbonyl (C=O) groups excluding carboxylic acids is 2. The van der Waals surface area contributed by atoms with Gasteiger partial charge in [-0.05, 0) is 25.7 Å². The number of carboxylic acid groups (broad SMARTS) is 2. The largest absolute Gasteiger partial charge is 1.00 e. The van der Waals surface area contributed by atoms with E-state index in [1.54, 1.807) is 0 Å². The van der Waals surface area contributed by atoms with Crippen LogP contribution in [-0.4, -0.2) is 11.9 Å². The van der Waals surface area contributed by atoms with Gasteiger partial charge in [-0.3, -0.25) is 0 Å². The van der Waals surface area contributed by atoms with Crippen molar-refractivity contribution >= 4 is 11.9 Å². The van der Waals surface area contributed by atoms with Crippen LogP contribution in [0.4, 0.5) is 0 Å². The quantitative estimate of drug-likeness (QED) is 0.112. The van der Waals surface area contributed by atoms with E-state index in [2.05, 4.69) is 6.58 Å². The second kappa shape index (κ2) is 29.0. The SMILES string of the molecule is C=CCCCCCCCCCCCCCCCCCCC(CC(=O)[O-])C(=O)[O-].[K+].[K+]. The first-order valence-electron chi connectivity index (χ1n) is 11.6. The summed E-state index contributed by atoms with van der Waals surface area (Å²) in [5.41, 5.74) is 0. The maximum Gasteiger partial charge on any atom is 1.00 e. The molecule has 1 unspecified atom stereocenters. The maximum absolute atomic E-state index is 10.8. The number of carboxylic acids is 2. The Bertz CT molecular complexity index is 403.